The largest absolute Gasteiger partial charge is 0.692 e. The number of hydrogen-bond acceptors (Lipinski definition) is 5. The summed E-state index contributed by atoms with van der Waals surface area (Å²) in [5.74, 6) is 0. The molecule has 5 N–H and O–H groups in total. The minimum atomic E-state index is -2.87. The van der Waals surface area contributed by atoms with Gasteiger partial charge in [-0.05, 0) is 0 Å². The van der Waals surface area contributed by atoms with E-state index < -0.39 is 22.6 Å². The molecule has 0 aromatic rings. The normalized spacial score (nSPS) is 7.89. The van der Waals surface area contributed by atoms with Crippen molar-refractivity contribution in [3.05, 3.63) is 25.7 Å². The van der Waals surface area contributed by atoms with E-state index in [1.807, 2.05) is 0 Å². The fourth-order valence-corrected chi connectivity index (χ4v) is 0.406. The van der Waals surface area contributed by atoms with Gasteiger partial charge >= 0.3 is 16.5 Å². The monoisotopic (exact) mass is 306 g/mol. The molecule has 0 aromatic carbocycles. The highest BCUT2D eigenvalue weighted by molar-refractivity contribution is 7.31. The first-order valence-corrected chi connectivity index (χ1v) is 6.44. The Morgan fingerprint density at radius 3 is 1.33 bits per heavy atom. The molecule has 0 amide bonds. The Morgan fingerprint density at radius 1 is 0.944 bits per heavy atom. The summed E-state index contributed by atoms with van der Waals surface area (Å²) in [6, 6.07) is 0. The smallest absolute Gasteiger partial charge is 0.499 e. The van der Waals surface area contributed by atoms with Gasteiger partial charge in [0.25, 0.3) is 0 Å². The summed E-state index contributed by atoms with van der Waals surface area (Å²) in [7, 11) is -5.74. The Balaban J connectivity index is -0.000000233. The van der Waals surface area contributed by atoms with Crippen molar-refractivity contribution in [2.75, 3.05) is 13.2 Å². The second-order valence-corrected chi connectivity index (χ2v) is 3.17. The summed E-state index contributed by atoms with van der Waals surface area (Å²) in [6.45, 7) is 7.05. The van der Waals surface area contributed by atoms with Crippen molar-refractivity contribution in [3.8, 4) is 0 Å². The van der Waals surface area contributed by atoms with Crippen LogP contribution in [-0.2, 0) is 18.6 Å². The summed E-state index contributed by atoms with van der Waals surface area (Å²) in [6.07, 6.45) is 1.94. The molecular formula is C7H16O9P2+2. The van der Waals surface area contributed by atoms with E-state index in [2.05, 4.69) is 13.2 Å². The first kappa shape index (κ1) is 22.3. The third kappa shape index (κ3) is 59.6. The van der Waals surface area contributed by atoms with Gasteiger partial charge in [-0.25, -0.2) is 0 Å². The van der Waals surface area contributed by atoms with Gasteiger partial charge in [0, 0.05) is 9.13 Å². The van der Waals surface area contributed by atoms with Crippen LogP contribution >= 0.6 is 16.5 Å². The molecule has 0 aliphatic heterocycles. The lowest BCUT2D eigenvalue weighted by molar-refractivity contribution is 0.0328. The van der Waals surface area contributed by atoms with Crippen LogP contribution in [0.15, 0.2) is 25.7 Å². The molecule has 18 heavy (non-hydrogen) atoms. The Bertz CT molecular complexity index is 213. The van der Waals surface area contributed by atoms with Crippen molar-refractivity contribution >= 4 is 16.5 Å². The molecule has 0 rings (SSSR count). The maximum absolute atomic E-state index is 8.97. The SMILES string of the molecule is C=COCC(O)COC=C.O=[P+](O)O.O=[P+](O)O. The van der Waals surface area contributed by atoms with Gasteiger partial charge in [-0.2, -0.15) is 0 Å². The zero-order valence-corrected chi connectivity index (χ0v) is 11.1. The first-order chi connectivity index (χ1) is 8.27. The standard InChI is InChI=1S/C7H12O3.2HO3P/c1-3-9-5-7(8)6-10-4-2;2*1-4(2)3/h3-4,7-8H,1-2,5-6H2;2*(H-,1,2,3)/p+2. The average Bonchev–Trinajstić information content (AvgIpc) is 2.21. The molecule has 0 radical (unpaired) electrons. The summed E-state index contributed by atoms with van der Waals surface area (Å²) in [5.41, 5.74) is 0. The van der Waals surface area contributed by atoms with Crippen LogP contribution in [0.5, 0.6) is 0 Å². The van der Waals surface area contributed by atoms with E-state index in [1.165, 1.54) is 12.5 Å². The molecule has 0 aliphatic carbocycles. The zero-order valence-electron chi connectivity index (χ0n) is 9.32. The predicted molar refractivity (Wildman–Crippen MR) is 62.4 cm³/mol. The Kier molecular flexibility index (Phi) is 22.8. The van der Waals surface area contributed by atoms with Crippen LogP contribution in [0, 0.1) is 0 Å². The third-order valence-electron chi connectivity index (χ3n) is 0.813. The van der Waals surface area contributed by atoms with Gasteiger partial charge in [0.15, 0.2) is 0 Å². The quantitative estimate of drug-likeness (QED) is 0.335. The molecule has 0 bridgehead atoms. The van der Waals surface area contributed by atoms with E-state index in [4.69, 9.17) is 43.3 Å². The molecule has 0 atom stereocenters. The number of aliphatic hydroxyl groups excluding tert-OH is 1. The van der Waals surface area contributed by atoms with E-state index >= 15 is 0 Å². The van der Waals surface area contributed by atoms with Crippen molar-refractivity contribution in [2.24, 2.45) is 0 Å². The van der Waals surface area contributed by atoms with Crippen molar-refractivity contribution in [1.29, 1.82) is 0 Å². The molecule has 106 valence electrons. The third-order valence-corrected chi connectivity index (χ3v) is 0.813. The Hall–Kier alpha value is -0.920. The maximum Gasteiger partial charge on any atom is 0.692 e. The molecule has 0 saturated carbocycles. The summed E-state index contributed by atoms with van der Waals surface area (Å²) in [4.78, 5) is 28.5. The molecule has 11 heteroatoms. The van der Waals surface area contributed by atoms with Crippen LogP contribution in [0.4, 0.5) is 0 Å². The van der Waals surface area contributed by atoms with Gasteiger partial charge in [0.1, 0.15) is 19.3 Å². The molecule has 0 fully saturated rings. The first-order valence-electron chi connectivity index (χ1n) is 4.11. The fraction of sp³-hybridized carbons (Fsp3) is 0.429. The minimum absolute atomic E-state index is 0.206. The van der Waals surface area contributed by atoms with Crippen molar-refractivity contribution in [1.82, 2.24) is 0 Å². The van der Waals surface area contributed by atoms with Crippen molar-refractivity contribution in [2.45, 2.75) is 6.10 Å². The lowest BCUT2D eigenvalue weighted by Crippen LogP contribution is -2.19. The minimum Gasteiger partial charge on any atom is -0.499 e. The molecule has 0 unspecified atom stereocenters. The highest BCUT2D eigenvalue weighted by Crippen LogP contribution is 1.98. The van der Waals surface area contributed by atoms with Gasteiger partial charge in [0.2, 0.25) is 0 Å². The number of ether oxygens (including phenoxy) is 2. The molecule has 0 heterocycles. The van der Waals surface area contributed by atoms with Gasteiger partial charge in [-0.1, -0.05) is 13.2 Å². The molecule has 9 nitrogen and oxygen atoms in total. The highest BCUT2D eigenvalue weighted by atomic mass is 31.1. The van der Waals surface area contributed by atoms with Crippen LogP contribution in [0.3, 0.4) is 0 Å². The number of aliphatic hydroxyl groups is 1. The molecule has 0 saturated heterocycles. The molecule has 0 spiro atoms. The van der Waals surface area contributed by atoms with Gasteiger partial charge in [0.05, 0.1) is 12.5 Å². The van der Waals surface area contributed by atoms with Gasteiger partial charge in [-0.15, -0.1) is 19.6 Å². The Labute approximate surface area is 106 Å². The van der Waals surface area contributed by atoms with Crippen LogP contribution in [-0.4, -0.2) is 44.0 Å². The summed E-state index contributed by atoms with van der Waals surface area (Å²) < 4.78 is 26.8. The van der Waals surface area contributed by atoms with E-state index in [-0.39, 0.29) is 13.2 Å². The van der Waals surface area contributed by atoms with Gasteiger partial charge in [-0.3, -0.25) is 0 Å². The summed E-state index contributed by atoms with van der Waals surface area (Å²) >= 11 is 0. The molecule has 0 aromatic heterocycles. The number of hydrogen-bond donors (Lipinski definition) is 5. The predicted octanol–water partition coefficient (Wildman–Crippen LogP) is -0.0757. The highest BCUT2D eigenvalue weighted by Gasteiger charge is 2.01. The van der Waals surface area contributed by atoms with Crippen LogP contribution in [0.2, 0.25) is 0 Å². The van der Waals surface area contributed by atoms with Crippen LogP contribution in [0.25, 0.3) is 0 Å². The van der Waals surface area contributed by atoms with E-state index in [9.17, 15) is 0 Å². The Morgan fingerprint density at radius 2 is 1.17 bits per heavy atom. The second-order valence-electron chi connectivity index (χ2n) is 2.16. The van der Waals surface area contributed by atoms with Crippen molar-refractivity contribution in [3.63, 3.8) is 0 Å². The van der Waals surface area contributed by atoms with E-state index in [1.54, 1.807) is 0 Å². The van der Waals surface area contributed by atoms with Crippen LogP contribution < -0.4 is 0 Å². The van der Waals surface area contributed by atoms with E-state index in [0.717, 1.165) is 0 Å². The summed E-state index contributed by atoms with van der Waals surface area (Å²) in [5, 5.41) is 8.97. The second kappa shape index (κ2) is 18.4. The number of rotatable bonds is 6. The molecule has 0 aliphatic rings. The van der Waals surface area contributed by atoms with E-state index in [0.29, 0.717) is 0 Å². The molecular weight excluding hydrogens is 290 g/mol. The van der Waals surface area contributed by atoms with Crippen molar-refractivity contribution < 1.29 is 43.3 Å². The average molecular weight is 306 g/mol. The zero-order chi connectivity index (χ0) is 15.0. The van der Waals surface area contributed by atoms with Gasteiger partial charge < -0.3 is 14.6 Å². The lowest BCUT2D eigenvalue weighted by Gasteiger charge is -2.08. The lowest BCUT2D eigenvalue weighted by atomic mass is 10.4. The maximum atomic E-state index is 8.97. The fourth-order valence-electron chi connectivity index (χ4n) is 0.406. The van der Waals surface area contributed by atoms with Crippen LogP contribution in [0.1, 0.15) is 0 Å². The topological polar surface area (TPSA) is 154 Å².